The van der Waals surface area contributed by atoms with Crippen LogP contribution in [0.1, 0.15) is 17.5 Å². The molecule has 1 nitrogen and oxygen atoms in total. The lowest BCUT2D eigenvalue weighted by Gasteiger charge is -1.95. The number of carbonyl (C=O) groups is 1. The fraction of sp³-hybridized carbons (Fsp3) is 0.182. The summed E-state index contributed by atoms with van der Waals surface area (Å²) >= 11 is 4.16. The summed E-state index contributed by atoms with van der Waals surface area (Å²) in [5, 5.41) is 0. The Balaban J connectivity index is 2.78. The van der Waals surface area contributed by atoms with Crippen LogP contribution in [0.25, 0.3) is 0 Å². The summed E-state index contributed by atoms with van der Waals surface area (Å²) in [6.45, 7) is 0. The van der Waals surface area contributed by atoms with Crippen molar-refractivity contribution in [1.82, 2.24) is 0 Å². The molecule has 0 spiro atoms. The number of hydrogen-bond acceptors (Lipinski definition) is 2. The lowest BCUT2D eigenvalue weighted by molar-refractivity contribution is -0.107. The van der Waals surface area contributed by atoms with Crippen LogP contribution in [-0.2, 0) is 10.5 Å². The molecule has 0 aliphatic rings. The van der Waals surface area contributed by atoms with Crippen molar-refractivity contribution >= 4 is 18.9 Å². The number of thiol groups is 1. The van der Waals surface area contributed by atoms with E-state index in [0.29, 0.717) is 12.2 Å². The molecular formula is C11H10OS. The van der Waals surface area contributed by atoms with E-state index in [0.717, 1.165) is 17.4 Å². The van der Waals surface area contributed by atoms with E-state index in [-0.39, 0.29) is 0 Å². The van der Waals surface area contributed by atoms with E-state index in [4.69, 9.17) is 0 Å². The van der Waals surface area contributed by atoms with Crippen LogP contribution in [-0.4, -0.2) is 6.29 Å². The zero-order chi connectivity index (χ0) is 9.52. The largest absolute Gasteiger partial charge is 0.302 e. The molecule has 0 saturated heterocycles. The van der Waals surface area contributed by atoms with Gasteiger partial charge in [-0.2, -0.15) is 12.6 Å². The van der Waals surface area contributed by atoms with Gasteiger partial charge >= 0.3 is 0 Å². The van der Waals surface area contributed by atoms with Gasteiger partial charge in [0.1, 0.15) is 6.29 Å². The molecule has 1 aromatic carbocycles. The van der Waals surface area contributed by atoms with Gasteiger partial charge in [0.15, 0.2) is 0 Å². The molecule has 13 heavy (non-hydrogen) atoms. The number of aldehydes is 1. The number of benzene rings is 1. The third-order valence-corrected chi connectivity index (χ3v) is 1.89. The van der Waals surface area contributed by atoms with Crippen LogP contribution >= 0.6 is 12.6 Å². The lowest BCUT2D eigenvalue weighted by Crippen LogP contribution is -1.79. The average Bonchev–Trinajstić information content (AvgIpc) is 2.19. The van der Waals surface area contributed by atoms with Crippen molar-refractivity contribution in [2.45, 2.75) is 12.2 Å². The van der Waals surface area contributed by atoms with Gasteiger partial charge in [0.05, 0.1) is 6.42 Å². The Morgan fingerprint density at radius 1 is 1.46 bits per heavy atom. The van der Waals surface area contributed by atoms with E-state index in [1.54, 1.807) is 0 Å². The van der Waals surface area contributed by atoms with Gasteiger partial charge in [-0.1, -0.05) is 24.0 Å². The highest BCUT2D eigenvalue weighted by Gasteiger charge is 1.89. The molecule has 0 aromatic heterocycles. The monoisotopic (exact) mass is 190 g/mol. The third-order valence-electron chi connectivity index (χ3n) is 1.53. The van der Waals surface area contributed by atoms with Crippen molar-refractivity contribution in [2.24, 2.45) is 0 Å². The van der Waals surface area contributed by atoms with Gasteiger partial charge in [-0.25, -0.2) is 0 Å². The predicted molar refractivity (Wildman–Crippen MR) is 56.7 cm³/mol. The first-order valence-electron chi connectivity index (χ1n) is 3.99. The molecule has 0 amide bonds. The van der Waals surface area contributed by atoms with Crippen LogP contribution in [0, 0.1) is 11.8 Å². The molecule has 0 unspecified atom stereocenters. The Labute approximate surface area is 83.6 Å². The highest BCUT2D eigenvalue weighted by Crippen LogP contribution is 2.06. The minimum absolute atomic E-state index is 0.297. The standard InChI is InChI=1S/C11H10OS/c12-7-2-1-4-10-5-3-6-11(8-10)9-13/h3,5-8,13H,2,9H2. The minimum atomic E-state index is 0.297. The molecule has 1 rings (SSSR count). The van der Waals surface area contributed by atoms with E-state index >= 15 is 0 Å². The van der Waals surface area contributed by atoms with Crippen LogP contribution < -0.4 is 0 Å². The topological polar surface area (TPSA) is 17.1 Å². The first-order valence-corrected chi connectivity index (χ1v) is 4.62. The van der Waals surface area contributed by atoms with Gasteiger partial charge in [0.2, 0.25) is 0 Å². The number of carbonyl (C=O) groups excluding carboxylic acids is 1. The van der Waals surface area contributed by atoms with E-state index in [9.17, 15) is 4.79 Å². The summed E-state index contributed by atoms with van der Waals surface area (Å²) in [6.07, 6.45) is 1.10. The fourth-order valence-electron chi connectivity index (χ4n) is 0.942. The molecule has 1 aromatic rings. The van der Waals surface area contributed by atoms with Crippen molar-refractivity contribution in [3.8, 4) is 11.8 Å². The third kappa shape index (κ3) is 3.35. The van der Waals surface area contributed by atoms with Gasteiger partial charge in [-0.15, -0.1) is 0 Å². The summed E-state index contributed by atoms with van der Waals surface area (Å²) in [5.74, 6) is 6.38. The quantitative estimate of drug-likeness (QED) is 0.429. The van der Waals surface area contributed by atoms with Crippen LogP contribution in [0.5, 0.6) is 0 Å². The molecule has 66 valence electrons. The lowest BCUT2D eigenvalue weighted by atomic mass is 10.1. The second-order valence-electron chi connectivity index (χ2n) is 2.53. The Kier molecular flexibility index (Phi) is 4.14. The predicted octanol–water partition coefficient (Wildman–Crippen LogP) is 2.06. The summed E-state index contributed by atoms with van der Waals surface area (Å²) in [7, 11) is 0. The summed E-state index contributed by atoms with van der Waals surface area (Å²) in [6, 6.07) is 7.84. The van der Waals surface area contributed by atoms with Gasteiger partial charge in [0.25, 0.3) is 0 Å². The molecule has 0 radical (unpaired) electrons. The molecule has 0 N–H and O–H groups in total. The zero-order valence-corrected chi connectivity index (χ0v) is 8.05. The molecule has 0 aliphatic heterocycles. The van der Waals surface area contributed by atoms with Crippen molar-refractivity contribution < 1.29 is 4.79 Å². The zero-order valence-electron chi connectivity index (χ0n) is 7.16. The molecular weight excluding hydrogens is 180 g/mol. The normalized spacial score (nSPS) is 8.69. The maximum atomic E-state index is 10.0. The van der Waals surface area contributed by atoms with E-state index < -0.39 is 0 Å². The molecule has 0 aliphatic carbocycles. The molecule has 0 bridgehead atoms. The highest BCUT2D eigenvalue weighted by atomic mass is 32.1. The van der Waals surface area contributed by atoms with Gasteiger partial charge < -0.3 is 4.79 Å². The summed E-state index contributed by atoms with van der Waals surface area (Å²) < 4.78 is 0. The van der Waals surface area contributed by atoms with Crippen LogP contribution in [0.4, 0.5) is 0 Å². The minimum Gasteiger partial charge on any atom is -0.302 e. The van der Waals surface area contributed by atoms with Crippen LogP contribution in [0.2, 0.25) is 0 Å². The van der Waals surface area contributed by atoms with Crippen molar-refractivity contribution in [3.05, 3.63) is 35.4 Å². The van der Waals surface area contributed by atoms with E-state index in [1.807, 2.05) is 24.3 Å². The SMILES string of the molecule is O=CCC#Cc1cccc(CS)c1. The van der Waals surface area contributed by atoms with Crippen molar-refractivity contribution in [2.75, 3.05) is 0 Å². The van der Waals surface area contributed by atoms with Crippen molar-refractivity contribution in [3.63, 3.8) is 0 Å². The second kappa shape index (κ2) is 5.45. The number of rotatable bonds is 2. The summed E-state index contributed by atoms with van der Waals surface area (Å²) in [5.41, 5.74) is 2.08. The maximum Gasteiger partial charge on any atom is 0.131 e. The average molecular weight is 190 g/mol. The first kappa shape index (κ1) is 9.88. The van der Waals surface area contributed by atoms with Gasteiger partial charge in [0, 0.05) is 11.3 Å². The fourth-order valence-corrected chi connectivity index (χ4v) is 1.14. The highest BCUT2D eigenvalue weighted by molar-refractivity contribution is 7.79. The second-order valence-corrected chi connectivity index (χ2v) is 2.85. The maximum absolute atomic E-state index is 10.0. The Morgan fingerprint density at radius 2 is 2.31 bits per heavy atom. The Hall–Kier alpha value is -1.20. The molecule has 2 heteroatoms. The number of hydrogen-bond donors (Lipinski definition) is 1. The molecule has 0 saturated carbocycles. The first-order chi connectivity index (χ1) is 6.36. The molecule has 0 fully saturated rings. The smallest absolute Gasteiger partial charge is 0.131 e. The molecule has 0 heterocycles. The van der Waals surface area contributed by atoms with Gasteiger partial charge in [-0.3, -0.25) is 0 Å². The molecule has 0 atom stereocenters. The van der Waals surface area contributed by atoms with Gasteiger partial charge in [-0.05, 0) is 17.7 Å². The van der Waals surface area contributed by atoms with Crippen LogP contribution in [0.15, 0.2) is 24.3 Å². The van der Waals surface area contributed by atoms with E-state index in [1.165, 1.54) is 0 Å². The van der Waals surface area contributed by atoms with E-state index in [2.05, 4.69) is 24.5 Å². The van der Waals surface area contributed by atoms with Crippen LogP contribution in [0.3, 0.4) is 0 Å². The van der Waals surface area contributed by atoms with Crippen molar-refractivity contribution in [1.29, 1.82) is 0 Å². The Morgan fingerprint density at radius 3 is 3.00 bits per heavy atom. The Bertz CT molecular complexity index is 347. The summed E-state index contributed by atoms with van der Waals surface area (Å²) in [4.78, 5) is 10.0.